The van der Waals surface area contributed by atoms with Gasteiger partial charge in [-0.1, -0.05) is 6.07 Å². The van der Waals surface area contributed by atoms with Crippen LogP contribution in [-0.4, -0.2) is 39.3 Å². The van der Waals surface area contributed by atoms with E-state index in [1.54, 1.807) is 22.9 Å². The maximum absolute atomic E-state index is 12.5. The van der Waals surface area contributed by atoms with Crippen molar-refractivity contribution in [3.8, 4) is 0 Å². The molecule has 8 heteroatoms. The molecular formula is C17H18N4O2S2. The van der Waals surface area contributed by atoms with Crippen LogP contribution in [0.3, 0.4) is 0 Å². The first-order valence-electron chi connectivity index (χ1n) is 8.21. The molecule has 130 valence electrons. The number of thiophene rings is 1. The van der Waals surface area contributed by atoms with E-state index in [1.807, 2.05) is 0 Å². The molecule has 25 heavy (non-hydrogen) atoms. The number of nitrogens with one attached hydrogen (secondary N) is 1. The summed E-state index contributed by atoms with van der Waals surface area (Å²) < 4.78 is 1.42. The second-order valence-corrected chi connectivity index (χ2v) is 8.06. The Balaban J connectivity index is 1.44. The lowest BCUT2D eigenvalue weighted by molar-refractivity contribution is 0.0899. The van der Waals surface area contributed by atoms with Crippen molar-refractivity contribution in [2.24, 2.45) is 0 Å². The lowest BCUT2D eigenvalue weighted by Crippen LogP contribution is -2.48. The van der Waals surface area contributed by atoms with Gasteiger partial charge in [-0.15, -0.1) is 22.7 Å². The molecule has 4 heterocycles. The standard InChI is InChI=1S/C17H18N4O2S2/c22-15(14-9-18-17-21(16(14)23)6-8-25-17)19-12-3-1-5-20(10-12)11-13-4-2-7-24-13/h2,4,6-9,12H,1,3,5,10-11H2,(H,19,22)/t12-/m0/s1. The van der Waals surface area contributed by atoms with Gasteiger partial charge in [0, 0.05) is 41.8 Å². The van der Waals surface area contributed by atoms with Gasteiger partial charge < -0.3 is 5.32 Å². The molecule has 0 radical (unpaired) electrons. The zero-order chi connectivity index (χ0) is 17.2. The van der Waals surface area contributed by atoms with Crippen LogP contribution in [0.2, 0.25) is 0 Å². The van der Waals surface area contributed by atoms with Crippen molar-refractivity contribution in [2.75, 3.05) is 13.1 Å². The first-order chi connectivity index (χ1) is 12.2. The average Bonchev–Trinajstić information content (AvgIpc) is 3.27. The van der Waals surface area contributed by atoms with Crippen molar-refractivity contribution in [3.05, 3.63) is 56.1 Å². The van der Waals surface area contributed by atoms with Gasteiger partial charge in [-0.2, -0.15) is 0 Å². The molecule has 6 nitrogen and oxygen atoms in total. The highest BCUT2D eigenvalue weighted by Gasteiger charge is 2.23. The number of hydrogen-bond acceptors (Lipinski definition) is 6. The van der Waals surface area contributed by atoms with E-state index in [0.29, 0.717) is 4.96 Å². The van der Waals surface area contributed by atoms with Crippen molar-refractivity contribution in [1.82, 2.24) is 19.6 Å². The fourth-order valence-electron chi connectivity index (χ4n) is 3.18. The molecule has 0 unspecified atom stereocenters. The van der Waals surface area contributed by atoms with Gasteiger partial charge in [0.2, 0.25) is 0 Å². The van der Waals surface area contributed by atoms with Crippen LogP contribution in [0.25, 0.3) is 4.96 Å². The molecule has 0 saturated carbocycles. The summed E-state index contributed by atoms with van der Waals surface area (Å²) in [7, 11) is 0. The summed E-state index contributed by atoms with van der Waals surface area (Å²) in [5.74, 6) is -0.332. The highest BCUT2D eigenvalue weighted by molar-refractivity contribution is 7.15. The topological polar surface area (TPSA) is 66.7 Å². The Morgan fingerprint density at radius 1 is 1.36 bits per heavy atom. The summed E-state index contributed by atoms with van der Waals surface area (Å²) in [5, 5.41) is 6.88. The second-order valence-electron chi connectivity index (χ2n) is 6.16. The smallest absolute Gasteiger partial charge is 0.271 e. The lowest BCUT2D eigenvalue weighted by Gasteiger charge is -2.32. The monoisotopic (exact) mass is 374 g/mol. The van der Waals surface area contributed by atoms with Crippen LogP contribution in [0.15, 0.2) is 40.1 Å². The molecule has 0 bridgehead atoms. The van der Waals surface area contributed by atoms with Gasteiger partial charge in [0.25, 0.3) is 11.5 Å². The number of aromatic nitrogens is 2. The summed E-state index contributed by atoms with van der Waals surface area (Å²) in [6.07, 6.45) is 5.00. The van der Waals surface area contributed by atoms with E-state index in [0.717, 1.165) is 32.5 Å². The molecule has 1 aliphatic rings. The average molecular weight is 374 g/mol. The van der Waals surface area contributed by atoms with Gasteiger partial charge >= 0.3 is 0 Å². The lowest BCUT2D eigenvalue weighted by atomic mass is 10.1. The SMILES string of the molecule is O=C(N[C@H]1CCCN(Cc2cccs2)C1)c1cnc2sccn2c1=O. The molecule has 0 spiro atoms. The van der Waals surface area contributed by atoms with Crippen LogP contribution >= 0.6 is 22.7 Å². The Morgan fingerprint density at radius 3 is 3.12 bits per heavy atom. The molecule has 1 N–H and O–H groups in total. The minimum atomic E-state index is -0.332. The molecular weight excluding hydrogens is 356 g/mol. The van der Waals surface area contributed by atoms with Gasteiger partial charge in [-0.25, -0.2) is 4.98 Å². The van der Waals surface area contributed by atoms with Crippen LogP contribution in [0.5, 0.6) is 0 Å². The third-order valence-corrected chi connectivity index (χ3v) is 6.02. The maximum Gasteiger partial charge on any atom is 0.271 e. The number of likely N-dealkylation sites (tertiary alicyclic amines) is 1. The normalized spacial score (nSPS) is 18.5. The van der Waals surface area contributed by atoms with Crippen molar-refractivity contribution < 1.29 is 4.79 Å². The van der Waals surface area contributed by atoms with Gasteiger partial charge in [0.15, 0.2) is 4.96 Å². The summed E-state index contributed by atoms with van der Waals surface area (Å²) in [5.41, 5.74) is -0.207. The minimum Gasteiger partial charge on any atom is -0.348 e. The molecule has 1 saturated heterocycles. The van der Waals surface area contributed by atoms with Crippen molar-refractivity contribution in [1.29, 1.82) is 0 Å². The van der Waals surface area contributed by atoms with Gasteiger partial charge in [-0.05, 0) is 30.8 Å². The highest BCUT2D eigenvalue weighted by atomic mass is 32.1. The number of piperidine rings is 1. The number of hydrogen-bond donors (Lipinski definition) is 1. The zero-order valence-corrected chi connectivity index (χ0v) is 15.2. The van der Waals surface area contributed by atoms with E-state index >= 15 is 0 Å². The Bertz CT molecular complexity index is 932. The van der Waals surface area contributed by atoms with E-state index in [1.165, 1.54) is 26.8 Å². The number of rotatable bonds is 4. The number of fused-ring (bicyclic) bond motifs is 1. The molecule has 3 aromatic heterocycles. The first-order valence-corrected chi connectivity index (χ1v) is 9.97. The highest BCUT2D eigenvalue weighted by Crippen LogP contribution is 2.17. The van der Waals surface area contributed by atoms with Crippen LogP contribution in [-0.2, 0) is 6.54 Å². The summed E-state index contributed by atoms with van der Waals surface area (Å²) in [6.45, 7) is 2.75. The fourth-order valence-corrected chi connectivity index (χ4v) is 4.60. The first kappa shape index (κ1) is 16.4. The van der Waals surface area contributed by atoms with E-state index in [9.17, 15) is 9.59 Å². The molecule has 1 aliphatic heterocycles. The maximum atomic E-state index is 12.5. The van der Waals surface area contributed by atoms with E-state index in [-0.39, 0.29) is 23.1 Å². The summed E-state index contributed by atoms with van der Waals surface area (Å²) in [6, 6.07) is 4.25. The third kappa shape index (κ3) is 3.51. The Labute approximate surface area is 152 Å². The van der Waals surface area contributed by atoms with Crippen LogP contribution in [0, 0.1) is 0 Å². The molecule has 1 atom stereocenters. The van der Waals surface area contributed by atoms with E-state index in [4.69, 9.17) is 0 Å². The molecule has 0 aliphatic carbocycles. The molecule has 4 rings (SSSR count). The second kappa shape index (κ2) is 7.07. The molecule has 0 aromatic carbocycles. The van der Waals surface area contributed by atoms with E-state index < -0.39 is 0 Å². The summed E-state index contributed by atoms with van der Waals surface area (Å²) >= 11 is 3.13. The predicted molar refractivity (Wildman–Crippen MR) is 99.4 cm³/mol. The quantitative estimate of drug-likeness (QED) is 0.760. The number of carbonyl (C=O) groups excluding carboxylic acids is 1. The van der Waals surface area contributed by atoms with Crippen molar-refractivity contribution >= 4 is 33.5 Å². The third-order valence-electron chi connectivity index (χ3n) is 4.39. The predicted octanol–water partition coefficient (Wildman–Crippen LogP) is 2.21. The summed E-state index contributed by atoms with van der Waals surface area (Å²) in [4.78, 5) is 33.4. The van der Waals surface area contributed by atoms with Crippen LogP contribution < -0.4 is 10.9 Å². The van der Waals surface area contributed by atoms with Crippen molar-refractivity contribution in [2.45, 2.75) is 25.4 Å². The van der Waals surface area contributed by atoms with Crippen molar-refractivity contribution in [3.63, 3.8) is 0 Å². The minimum absolute atomic E-state index is 0.0591. The number of carbonyl (C=O) groups is 1. The molecule has 3 aromatic rings. The number of thiazole rings is 1. The van der Waals surface area contributed by atoms with Crippen LogP contribution in [0.1, 0.15) is 28.1 Å². The zero-order valence-electron chi connectivity index (χ0n) is 13.6. The van der Waals surface area contributed by atoms with Gasteiger partial charge in [0.1, 0.15) is 5.56 Å². The Hall–Kier alpha value is -2.03. The largest absolute Gasteiger partial charge is 0.348 e. The molecule has 1 amide bonds. The fraction of sp³-hybridized carbons (Fsp3) is 0.353. The Morgan fingerprint density at radius 2 is 2.28 bits per heavy atom. The van der Waals surface area contributed by atoms with Gasteiger partial charge in [0.05, 0.1) is 0 Å². The number of amides is 1. The van der Waals surface area contributed by atoms with Crippen LogP contribution in [0.4, 0.5) is 0 Å². The number of nitrogens with zero attached hydrogens (tertiary/aromatic N) is 3. The van der Waals surface area contributed by atoms with Gasteiger partial charge in [-0.3, -0.25) is 18.9 Å². The van der Waals surface area contributed by atoms with E-state index in [2.05, 4.69) is 32.7 Å². The molecule has 1 fully saturated rings. The Kier molecular flexibility index (Phi) is 4.65.